The Hall–Kier alpha value is -0.710. The molecule has 1 unspecified atom stereocenters. The van der Waals surface area contributed by atoms with Gasteiger partial charge in [-0.15, -0.1) is 0 Å². The molecule has 1 amide bonds. The second-order valence-electron chi connectivity index (χ2n) is 4.35. The fourth-order valence-corrected chi connectivity index (χ4v) is 1.56. The minimum Gasteiger partial charge on any atom is -0.346 e. The molecule has 0 saturated carbocycles. The largest absolute Gasteiger partial charge is 0.346 e. The molecule has 0 radical (unpaired) electrons. The van der Waals surface area contributed by atoms with Crippen molar-refractivity contribution < 1.29 is 13.6 Å². The molecule has 14 heavy (non-hydrogen) atoms. The van der Waals surface area contributed by atoms with Crippen molar-refractivity contribution in [3.63, 3.8) is 0 Å². The van der Waals surface area contributed by atoms with Gasteiger partial charge in [0.1, 0.15) is 0 Å². The molecular formula is C9H16F2N2O. The molecule has 0 aromatic heterocycles. The van der Waals surface area contributed by atoms with Crippen LogP contribution in [-0.2, 0) is 4.79 Å². The third kappa shape index (κ3) is 2.41. The first-order valence-corrected chi connectivity index (χ1v) is 4.67. The van der Waals surface area contributed by atoms with Crippen molar-refractivity contribution in [2.45, 2.75) is 44.7 Å². The van der Waals surface area contributed by atoms with Crippen LogP contribution < -0.4 is 10.6 Å². The topological polar surface area (TPSA) is 41.1 Å². The van der Waals surface area contributed by atoms with E-state index in [4.69, 9.17) is 0 Å². The number of carbonyl (C=O) groups is 1. The third-order valence-electron chi connectivity index (χ3n) is 2.59. The van der Waals surface area contributed by atoms with E-state index in [2.05, 4.69) is 10.6 Å². The molecule has 1 aliphatic rings. The van der Waals surface area contributed by atoms with E-state index < -0.39 is 11.8 Å². The van der Waals surface area contributed by atoms with Crippen LogP contribution in [0.5, 0.6) is 0 Å². The fraction of sp³-hybridized carbons (Fsp3) is 0.889. The predicted molar refractivity (Wildman–Crippen MR) is 49.3 cm³/mol. The summed E-state index contributed by atoms with van der Waals surface area (Å²) in [5.74, 6) is -4.49. The molecule has 0 spiro atoms. The van der Waals surface area contributed by atoms with E-state index in [-0.39, 0.29) is 11.6 Å². The van der Waals surface area contributed by atoms with Crippen molar-refractivity contribution in [2.24, 2.45) is 0 Å². The lowest BCUT2D eigenvalue weighted by atomic mass is 9.97. The molecule has 3 nitrogen and oxygen atoms in total. The van der Waals surface area contributed by atoms with Crippen molar-refractivity contribution in [3.8, 4) is 0 Å². The number of carbonyl (C=O) groups excluding carboxylic acids is 1. The molecule has 2 N–H and O–H groups in total. The van der Waals surface area contributed by atoms with E-state index in [1.807, 2.05) is 13.8 Å². The number of halogens is 2. The van der Waals surface area contributed by atoms with Crippen molar-refractivity contribution in [1.29, 1.82) is 0 Å². The Bertz CT molecular complexity index is 235. The first-order chi connectivity index (χ1) is 6.23. The van der Waals surface area contributed by atoms with Crippen LogP contribution in [0.1, 0.15) is 27.2 Å². The van der Waals surface area contributed by atoms with E-state index in [1.54, 1.807) is 0 Å². The lowest BCUT2D eigenvalue weighted by Crippen LogP contribution is -2.53. The van der Waals surface area contributed by atoms with E-state index in [0.717, 1.165) is 6.54 Å². The molecule has 1 heterocycles. The summed E-state index contributed by atoms with van der Waals surface area (Å²) in [6, 6.07) is -0.221. The Balaban J connectivity index is 2.57. The van der Waals surface area contributed by atoms with Crippen LogP contribution in [0, 0.1) is 0 Å². The Morgan fingerprint density at radius 3 is 2.50 bits per heavy atom. The molecule has 0 aromatic carbocycles. The van der Waals surface area contributed by atoms with Crippen LogP contribution >= 0.6 is 0 Å². The van der Waals surface area contributed by atoms with E-state index in [1.165, 1.54) is 0 Å². The zero-order valence-corrected chi connectivity index (χ0v) is 8.66. The van der Waals surface area contributed by atoms with Gasteiger partial charge in [-0.1, -0.05) is 0 Å². The van der Waals surface area contributed by atoms with Crippen LogP contribution in [0.4, 0.5) is 8.78 Å². The zero-order valence-electron chi connectivity index (χ0n) is 8.66. The molecule has 1 rings (SSSR count). The molecule has 0 aromatic rings. The second-order valence-corrected chi connectivity index (χ2v) is 4.35. The van der Waals surface area contributed by atoms with E-state index >= 15 is 0 Å². The maximum Gasteiger partial charge on any atom is 0.321 e. The van der Waals surface area contributed by atoms with Gasteiger partial charge in [-0.25, -0.2) is 0 Å². The highest BCUT2D eigenvalue weighted by molar-refractivity contribution is 5.83. The minimum atomic E-state index is -3.29. The van der Waals surface area contributed by atoms with Gasteiger partial charge in [0, 0.05) is 18.5 Å². The molecule has 0 aliphatic carbocycles. The maximum absolute atomic E-state index is 12.6. The highest BCUT2D eigenvalue weighted by Crippen LogP contribution is 2.20. The Labute approximate surface area is 82.2 Å². The standard InChI is InChI=1S/C9H16F2N2O/c1-8(2)6(4-5-12-8)13-7(14)9(3,10)11/h6,12H,4-5H2,1-3H3,(H,13,14). The number of hydrogen-bond donors (Lipinski definition) is 2. The summed E-state index contributed by atoms with van der Waals surface area (Å²) in [4.78, 5) is 11.0. The third-order valence-corrected chi connectivity index (χ3v) is 2.59. The number of rotatable bonds is 2. The van der Waals surface area contributed by atoms with Crippen LogP contribution in [0.2, 0.25) is 0 Å². The lowest BCUT2D eigenvalue weighted by molar-refractivity contribution is -0.144. The van der Waals surface area contributed by atoms with Crippen molar-refractivity contribution in [1.82, 2.24) is 10.6 Å². The molecule has 1 atom stereocenters. The van der Waals surface area contributed by atoms with Gasteiger partial charge >= 0.3 is 5.92 Å². The quantitative estimate of drug-likeness (QED) is 0.704. The Morgan fingerprint density at radius 1 is 1.57 bits per heavy atom. The van der Waals surface area contributed by atoms with Crippen molar-refractivity contribution in [2.75, 3.05) is 6.54 Å². The lowest BCUT2D eigenvalue weighted by Gasteiger charge is -2.28. The van der Waals surface area contributed by atoms with Gasteiger partial charge in [0.25, 0.3) is 5.91 Å². The number of alkyl halides is 2. The summed E-state index contributed by atoms with van der Waals surface area (Å²) in [5, 5.41) is 5.50. The molecule has 0 bridgehead atoms. The molecule has 5 heteroatoms. The van der Waals surface area contributed by atoms with Crippen LogP contribution in [0.3, 0.4) is 0 Å². The molecule has 82 valence electrons. The highest BCUT2D eigenvalue weighted by Gasteiger charge is 2.40. The maximum atomic E-state index is 12.6. The van der Waals surface area contributed by atoms with Crippen molar-refractivity contribution >= 4 is 5.91 Å². The molecule has 1 fully saturated rings. The van der Waals surface area contributed by atoms with Gasteiger partial charge in [0.2, 0.25) is 0 Å². The summed E-state index contributed by atoms with van der Waals surface area (Å²) in [7, 11) is 0. The van der Waals surface area contributed by atoms with Crippen molar-refractivity contribution in [3.05, 3.63) is 0 Å². The van der Waals surface area contributed by atoms with Gasteiger partial charge in [0.15, 0.2) is 0 Å². The van der Waals surface area contributed by atoms with Gasteiger partial charge in [-0.2, -0.15) is 8.78 Å². The van der Waals surface area contributed by atoms with Gasteiger partial charge < -0.3 is 10.6 Å². The normalized spacial score (nSPS) is 26.2. The van der Waals surface area contributed by atoms with E-state index in [0.29, 0.717) is 13.3 Å². The molecule has 1 saturated heterocycles. The number of nitrogens with one attached hydrogen (secondary N) is 2. The first kappa shape index (κ1) is 11.4. The SMILES string of the molecule is CC(F)(F)C(=O)NC1CCNC1(C)C. The number of amides is 1. The molecular weight excluding hydrogens is 190 g/mol. The Morgan fingerprint density at radius 2 is 2.14 bits per heavy atom. The van der Waals surface area contributed by atoms with Gasteiger partial charge in [-0.3, -0.25) is 4.79 Å². The summed E-state index contributed by atoms with van der Waals surface area (Å²) >= 11 is 0. The summed E-state index contributed by atoms with van der Waals surface area (Å²) in [6.07, 6.45) is 0.689. The minimum absolute atomic E-state index is 0.221. The smallest absolute Gasteiger partial charge is 0.321 e. The van der Waals surface area contributed by atoms with E-state index in [9.17, 15) is 13.6 Å². The summed E-state index contributed by atoms with van der Waals surface area (Å²) in [5.41, 5.74) is -0.305. The van der Waals surface area contributed by atoms with Gasteiger partial charge in [0.05, 0.1) is 0 Å². The number of hydrogen-bond acceptors (Lipinski definition) is 2. The highest BCUT2D eigenvalue weighted by atomic mass is 19.3. The monoisotopic (exact) mass is 206 g/mol. The zero-order chi connectivity index (χ0) is 11.0. The second kappa shape index (κ2) is 3.46. The Kier molecular flexibility index (Phi) is 2.81. The van der Waals surface area contributed by atoms with Crippen LogP contribution in [0.15, 0.2) is 0 Å². The van der Waals surface area contributed by atoms with Crippen LogP contribution in [0.25, 0.3) is 0 Å². The average Bonchev–Trinajstić information content (AvgIpc) is 2.29. The summed E-state index contributed by atoms with van der Waals surface area (Å²) < 4.78 is 25.2. The first-order valence-electron chi connectivity index (χ1n) is 4.67. The molecule has 1 aliphatic heterocycles. The fourth-order valence-electron chi connectivity index (χ4n) is 1.56. The summed E-state index contributed by atoms with van der Waals surface area (Å²) in [6.45, 7) is 5.13. The average molecular weight is 206 g/mol. The van der Waals surface area contributed by atoms with Gasteiger partial charge in [-0.05, 0) is 26.8 Å². The predicted octanol–water partition coefficient (Wildman–Crippen LogP) is 0.898. The van der Waals surface area contributed by atoms with Crippen LogP contribution in [-0.4, -0.2) is 30.0 Å².